The Bertz CT molecular complexity index is 494. The Labute approximate surface area is 111 Å². The van der Waals surface area contributed by atoms with Gasteiger partial charge in [-0.05, 0) is 18.9 Å². The molecule has 0 amide bonds. The molecule has 0 unspecified atom stereocenters. The Kier molecular flexibility index (Phi) is 3.75. The van der Waals surface area contributed by atoms with E-state index >= 15 is 0 Å². The number of halogens is 1. The third-order valence-corrected chi connectivity index (χ3v) is 3.80. The lowest BCUT2D eigenvalue weighted by Gasteiger charge is -2.39. The van der Waals surface area contributed by atoms with Gasteiger partial charge in [-0.1, -0.05) is 12.5 Å². The number of hydrogen-bond donors (Lipinski definition) is 1. The average Bonchev–Trinajstić information content (AvgIpc) is 2.32. The predicted octanol–water partition coefficient (Wildman–Crippen LogP) is 2.49. The van der Waals surface area contributed by atoms with Crippen molar-refractivity contribution in [1.82, 2.24) is 0 Å². The summed E-state index contributed by atoms with van der Waals surface area (Å²) < 4.78 is 24.6. The lowest BCUT2D eigenvalue weighted by atomic mass is 9.63. The molecule has 1 N–H and O–H groups in total. The Balaban J connectivity index is 2.59. The summed E-state index contributed by atoms with van der Waals surface area (Å²) in [4.78, 5) is 11.5. The van der Waals surface area contributed by atoms with Crippen LogP contribution in [0.2, 0.25) is 0 Å². The normalized spacial score (nSPS) is 16.8. The largest absolute Gasteiger partial charge is 0.496 e. The van der Waals surface area contributed by atoms with Crippen molar-refractivity contribution < 1.29 is 23.8 Å². The standard InChI is InChI=1S/C14H17FO4/c1-18-8-9-4-5-10(19-2)11(12(9)15)14(13(16)17)6-3-7-14/h4-5H,3,6-8H2,1-2H3,(H,16,17). The fraction of sp³-hybridized carbons (Fsp3) is 0.500. The topological polar surface area (TPSA) is 55.8 Å². The van der Waals surface area contributed by atoms with Crippen molar-refractivity contribution in [3.05, 3.63) is 29.1 Å². The van der Waals surface area contributed by atoms with E-state index in [1.165, 1.54) is 14.2 Å². The van der Waals surface area contributed by atoms with Crippen molar-refractivity contribution >= 4 is 5.97 Å². The van der Waals surface area contributed by atoms with Crippen LogP contribution in [0.1, 0.15) is 30.4 Å². The van der Waals surface area contributed by atoms with Crippen LogP contribution in [0.4, 0.5) is 4.39 Å². The zero-order chi connectivity index (χ0) is 14.0. The molecule has 2 rings (SSSR count). The molecule has 1 aromatic carbocycles. The number of carboxylic acid groups (broad SMARTS) is 1. The molecule has 5 heteroatoms. The van der Waals surface area contributed by atoms with Crippen LogP contribution < -0.4 is 4.74 Å². The summed E-state index contributed by atoms with van der Waals surface area (Å²) in [5.41, 5.74) is -0.645. The van der Waals surface area contributed by atoms with Gasteiger partial charge in [0.1, 0.15) is 11.6 Å². The minimum absolute atomic E-state index is 0.110. The Morgan fingerprint density at radius 1 is 1.42 bits per heavy atom. The fourth-order valence-corrected chi connectivity index (χ4v) is 2.59. The summed E-state index contributed by atoms with van der Waals surface area (Å²) in [7, 11) is 2.89. The van der Waals surface area contributed by atoms with E-state index in [0.717, 1.165) is 6.42 Å². The number of carbonyl (C=O) groups is 1. The minimum Gasteiger partial charge on any atom is -0.496 e. The Morgan fingerprint density at radius 3 is 2.53 bits per heavy atom. The van der Waals surface area contributed by atoms with E-state index in [9.17, 15) is 14.3 Å². The van der Waals surface area contributed by atoms with Crippen LogP contribution >= 0.6 is 0 Å². The number of aliphatic carboxylic acids is 1. The van der Waals surface area contributed by atoms with E-state index < -0.39 is 17.2 Å². The van der Waals surface area contributed by atoms with Crippen LogP contribution in [0, 0.1) is 5.82 Å². The second-order valence-electron chi connectivity index (χ2n) is 4.79. The van der Waals surface area contributed by atoms with Crippen LogP contribution in [0.3, 0.4) is 0 Å². The molecular formula is C14H17FO4. The first-order valence-electron chi connectivity index (χ1n) is 6.15. The van der Waals surface area contributed by atoms with Crippen molar-refractivity contribution in [3.8, 4) is 5.75 Å². The number of carboxylic acids is 1. The average molecular weight is 268 g/mol. The monoisotopic (exact) mass is 268 g/mol. The van der Waals surface area contributed by atoms with Crippen molar-refractivity contribution in [2.75, 3.05) is 14.2 Å². The highest BCUT2D eigenvalue weighted by molar-refractivity contribution is 5.84. The van der Waals surface area contributed by atoms with Gasteiger partial charge in [-0.2, -0.15) is 0 Å². The lowest BCUT2D eigenvalue weighted by Crippen LogP contribution is -2.43. The molecule has 1 aromatic rings. The number of ether oxygens (including phenoxy) is 2. The molecule has 0 heterocycles. The highest BCUT2D eigenvalue weighted by atomic mass is 19.1. The van der Waals surface area contributed by atoms with Crippen molar-refractivity contribution in [2.24, 2.45) is 0 Å². The van der Waals surface area contributed by atoms with Gasteiger partial charge in [-0.3, -0.25) is 4.79 Å². The quantitative estimate of drug-likeness (QED) is 0.891. The van der Waals surface area contributed by atoms with Gasteiger partial charge in [-0.25, -0.2) is 4.39 Å². The van der Waals surface area contributed by atoms with Crippen LogP contribution in [0.15, 0.2) is 12.1 Å². The number of benzene rings is 1. The molecule has 0 atom stereocenters. The molecule has 104 valence electrons. The van der Waals surface area contributed by atoms with Gasteiger partial charge in [0.15, 0.2) is 0 Å². The second-order valence-corrected chi connectivity index (χ2v) is 4.79. The van der Waals surface area contributed by atoms with Gasteiger partial charge in [0.2, 0.25) is 0 Å². The zero-order valence-corrected chi connectivity index (χ0v) is 11.0. The first-order chi connectivity index (χ1) is 9.06. The smallest absolute Gasteiger partial charge is 0.314 e. The van der Waals surface area contributed by atoms with E-state index in [4.69, 9.17) is 9.47 Å². The first kappa shape index (κ1) is 13.8. The Hall–Kier alpha value is -1.62. The molecule has 0 radical (unpaired) electrons. The van der Waals surface area contributed by atoms with Gasteiger partial charge < -0.3 is 14.6 Å². The predicted molar refractivity (Wildman–Crippen MR) is 66.8 cm³/mol. The van der Waals surface area contributed by atoms with Crippen LogP contribution in [0.5, 0.6) is 5.75 Å². The third kappa shape index (κ3) is 2.08. The molecule has 1 fully saturated rings. The summed E-state index contributed by atoms with van der Waals surface area (Å²) in [6, 6.07) is 3.17. The third-order valence-electron chi connectivity index (χ3n) is 3.80. The summed E-state index contributed by atoms with van der Waals surface area (Å²) in [5.74, 6) is -1.23. The van der Waals surface area contributed by atoms with Gasteiger partial charge in [0, 0.05) is 18.2 Å². The van der Waals surface area contributed by atoms with E-state index in [2.05, 4.69) is 0 Å². The van der Waals surface area contributed by atoms with Crippen LogP contribution in [-0.4, -0.2) is 25.3 Å². The molecular weight excluding hydrogens is 251 g/mol. The zero-order valence-electron chi connectivity index (χ0n) is 11.0. The summed E-state index contributed by atoms with van der Waals surface area (Å²) >= 11 is 0. The highest BCUT2D eigenvalue weighted by Crippen LogP contribution is 2.49. The molecule has 4 nitrogen and oxygen atoms in total. The molecule has 1 aliphatic carbocycles. The number of rotatable bonds is 5. The van der Waals surface area contributed by atoms with Crippen molar-refractivity contribution in [1.29, 1.82) is 0 Å². The molecule has 1 saturated carbocycles. The fourth-order valence-electron chi connectivity index (χ4n) is 2.59. The van der Waals surface area contributed by atoms with Gasteiger partial charge in [-0.15, -0.1) is 0 Å². The first-order valence-corrected chi connectivity index (χ1v) is 6.15. The molecule has 0 saturated heterocycles. The molecule has 19 heavy (non-hydrogen) atoms. The minimum atomic E-state index is -1.15. The maximum atomic E-state index is 14.6. The van der Waals surface area contributed by atoms with Gasteiger partial charge >= 0.3 is 5.97 Å². The molecule has 0 spiro atoms. The number of hydrogen-bond acceptors (Lipinski definition) is 3. The van der Waals surface area contributed by atoms with E-state index in [0.29, 0.717) is 24.2 Å². The maximum absolute atomic E-state index is 14.6. The highest BCUT2D eigenvalue weighted by Gasteiger charge is 2.49. The van der Waals surface area contributed by atoms with Gasteiger partial charge in [0.05, 0.1) is 19.1 Å². The number of methoxy groups -OCH3 is 2. The summed E-state index contributed by atoms with van der Waals surface area (Å²) in [5, 5.41) is 9.45. The summed E-state index contributed by atoms with van der Waals surface area (Å²) in [6.07, 6.45) is 1.65. The Morgan fingerprint density at radius 2 is 2.11 bits per heavy atom. The van der Waals surface area contributed by atoms with Crippen molar-refractivity contribution in [3.63, 3.8) is 0 Å². The lowest BCUT2D eigenvalue weighted by molar-refractivity contribution is -0.147. The van der Waals surface area contributed by atoms with E-state index in [-0.39, 0.29) is 12.2 Å². The molecule has 0 bridgehead atoms. The van der Waals surface area contributed by atoms with Crippen LogP contribution in [0.25, 0.3) is 0 Å². The van der Waals surface area contributed by atoms with E-state index in [1.807, 2.05) is 0 Å². The summed E-state index contributed by atoms with van der Waals surface area (Å²) in [6.45, 7) is 0.110. The molecule has 0 aromatic heterocycles. The molecule has 0 aliphatic heterocycles. The van der Waals surface area contributed by atoms with Crippen molar-refractivity contribution in [2.45, 2.75) is 31.3 Å². The maximum Gasteiger partial charge on any atom is 0.314 e. The van der Waals surface area contributed by atoms with Crippen LogP contribution in [-0.2, 0) is 21.6 Å². The van der Waals surface area contributed by atoms with Gasteiger partial charge in [0.25, 0.3) is 0 Å². The SMILES string of the molecule is COCc1ccc(OC)c(C2(C(=O)O)CCC2)c1F. The van der Waals surface area contributed by atoms with E-state index in [1.54, 1.807) is 12.1 Å². The molecule has 1 aliphatic rings. The second kappa shape index (κ2) is 5.17.